The molecular formula is C25H25FN4O2. The number of anilines is 1. The van der Waals surface area contributed by atoms with Crippen LogP contribution in [0.15, 0.2) is 79.0 Å². The van der Waals surface area contributed by atoms with Crippen molar-refractivity contribution in [1.82, 2.24) is 15.2 Å². The lowest BCUT2D eigenvalue weighted by atomic mass is 9.84. The zero-order valence-electron chi connectivity index (χ0n) is 17.6. The van der Waals surface area contributed by atoms with Gasteiger partial charge in [0.15, 0.2) is 0 Å². The molecular weight excluding hydrogens is 407 g/mol. The van der Waals surface area contributed by atoms with Crippen molar-refractivity contribution in [3.63, 3.8) is 0 Å². The molecule has 0 radical (unpaired) electrons. The van der Waals surface area contributed by atoms with E-state index in [0.29, 0.717) is 31.7 Å². The maximum Gasteiger partial charge on any atom is 0.321 e. The molecule has 1 fully saturated rings. The van der Waals surface area contributed by atoms with E-state index < -0.39 is 0 Å². The summed E-state index contributed by atoms with van der Waals surface area (Å²) in [5.74, 6) is -0.781. The minimum Gasteiger partial charge on any atom is -0.350 e. The number of nitrogens with zero attached hydrogens (tertiary/aromatic N) is 2. The summed E-state index contributed by atoms with van der Waals surface area (Å²) in [6.07, 6.45) is 2.34. The molecule has 6 nitrogen and oxygen atoms in total. The molecule has 0 bridgehead atoms. The zero-order valence-corrected chi connectivity index (χ0v) is 17.6. The van der Waals surface area contributed by atoms with Crippen LogP contribution in [0.3, 0.4) is 0 Å². The van der Waals surface area contributed by atoms with Crippen molar-refractivity contribution in [2.45, 2.75) is 18.9 Å². The Morgan fingerprint density at radius 1 is 0.969 bits per heavy atom. The molecule has 3 aromatic rings. The first-order valence-electron chi connectivity index (χ1n) is 10.6. The number of amides is 3. The monoisotopic (exact) mass is 432 g/mol. The van der Waals surface area contributed by atoms with Crippen molar-refractivity contribution in [2.75, 3.05) is 18.4 Å². The van der Waals surface area contributed by atoms with Crippen molar-refractivity contribution in [1.29, 1.82) is 0 Å². The summed E-state index contributed by atoms with van der Waals surface area (Å²) in [6.45, 7) is 1.15. The highest BCUT2D eigenvalue weighted by molar-refractivity contribution is 5.90. The lowest BCUT2D eigenvalue weighted by Gasteiger charge is -2.37. The van der Waals surface area contributed by atoms with Crippen LogP contribution in [0.2, 0.25) is 0 Å². The fourth-order valence-electron chi connectivity index (χ4n) is 3.98. The number of carbonyl (C=O) groups is 2. The maximum atomic E-state index is 13.2. The molecule has 2 atom stereocenters. The SMILES string of the molecule is O=C(NCc1ccccn1)C1CC(c2ccccc2)CN(C(=O)Nc2ccc(F)cc2)C1. The third kappa shape index (κ3) is 5.49. The molecule has 4 rings (SSSR count). The van der Waals surface area contributed by atoms with Crippen LogP contribution in [0.4, 0.5) is 14.9 Å². The summed E-state index contributed by atoms with van der Waals surface area (Å²) in [7, 11) is 0. The number of hydrogen-bond donors (Lipinski definition) is 2. The van der Waals surface area contributed by atoms with Crippen molar-refractivity contribution < 1.29 is 14.0 Å². The topological polar surface area (TPSA) is 74.3 Å². The number of carbonyl (C=O) groups excluding carboxylic acids is 2. The number of hydrogen-bond acceptors (Lipinski definition) is 3. The van der Waals surface area contributed by atoms with Crippen molar-refractivity contribution in [3.05, 3.63) is 96.1 Å². The van der Waals surface area contributed by atoms with Crippen LogP contribution in [0.1, 0.15) is 23.6 Å². The molecule has 0 aliphatic carbocycles. The van der Waals surface area contributed by atoms with Crippen LogP contribution in [0.5, 0.6) is 0 Å². The molecule has 2 aromatic carbocycles. The van der Waals surface area contributed by atoms with E-state index in [0.717, 1.165) is 11.3 Å². The van der Waals surface area contributed by atoms with Crippen molar-refractivity contribution in [2.24, 2.45) is 5.92 Å². The van der Waals surface area contributed by atoms with Gasteiger partial charge in [-0.1, -0.05) is 36.4 Å². The minimum atomic E-state index is -0.366. The molecule has 2 heterocycles. The number of likely N-dealkylation sites (tertiary alicyclic amines) is 1. The first kappa shape index (κ1) is 21.5. The van der Waals surface area contributed by atoms with Gasteiger partial charge in [0.25, 0.3) is 0 Å². The Hall–Kier alpha value is -3.74. The predicted molar refractivity (Wildman–Crippen MR) is 120 cm³/mol. The number of urea groups is 1. The van der Waals surface area contributed by atoms with E-state index in [1.165, 1.54) is 24.3 Å². The molecule has 2 N–H and O–H groups in total. The third-order valence-electron chi connectivity index (χ3n) is 5.64. The third-order valence-corrected chi connectivity index (χ3v) is 5.64. The molecule has 1 aliphatic heterocycles. The molecule has 1 aromatic heterocycles. The fraction of sp³-hybridized carbons (Fsp3) is 0.240. The Kier molecular flexibility index (Phi) is 6.75. The van der Waals surface area contributed by atoms with Crippen molar-refractivity contribution in [3.8, 4) is 0 Å². The molecule has 7 heteroatoms. The van der Waals surface area contributed by atoms with Gasteiger partial charge in [0.05, 0.1) is 18.2 Å². The Morgan fingerprint density at radius 2 is 1.72 bits per heavy atom. The largest absolute Gasteiger partial charge is 0.350 e. The van der Waals surface area contributed by atoms with Gasteiger partial charge in [-0.05, 0) is 48.4 Å². The van der Waals surface area contributed by atoms with Crippen LogP contribution in [0, 0.1) is 11.7 Å². The second-order valence-corrected chi connectivity index (χ2v) is 7.92. The van der Waals surface area contributed by atoms with E-state index in [9.17, 15) is 14.0 Å². The molecule has 164 valence electrons. The number of halogens is 1. The molecule has 3 amide bonds. The van der Waals surface area contributed by atoms with Gasteiger partial charge in [-0.3, -0.25) is 9.78 Å². The Morgan fingerprint density at radius 3 is 2.44 bits per heavy atom. The standard InChI is InChI=1S/C25H25FN4O2/c26-21-9-11-22(12-10-21)29-25(32)30-16-19(18-6-2-1-3-7-18)14-20(17-30)24(31)28-15-23-8-4-5-13-27-23/h1-13,19-20H,14-17H2,(H,28,31)(H,29,32). The smallest absolute Gasteiger partial charge is 0.321 e. The summed E-state index contributed by atoms with van der Waals surface area (Å²) in [4.78, 5) is 31.8. The predicted octanol–water partition coefficient (Wildman–Crippen LogP) is 4.17. The van der Waals surface area contributed by atoms with Crippen LogP contribution in [-0.2, 0) is 11.3 Å². The van der Waals surface area contributed by atoms with Gasteiger partial charge >= 0.3 is 6.03 Å². The first-order valence-corrected chi connectivity index (χ1v) is 10.6. The van der Waals surface area contributed by atoms with E-state index in [1.807, 2.05) is 48.5 Å². The van der Waals surface area contributed by atoms with Gasteiger partial charge in [0, 0.05) is 30.9 Å². The number of aromatic nitrogens is 1. The second kappa shape index (κ2) is 10.0. The Bertz CT molecular complexity index is 1040. The molecule has 2 unspecified atom stereocenters. The van der Waals surface area contributed by atoms with Crippen LogP contribution in [-0.4, -0.2) is 34.9 Å². The summed E-state index contributed by atoms with van der Waals surface area (Å²) >= 11 is 0. The lowest BCUT2D eigenvalue weighted by Crippen LogP contribution is -2.49. The fourth-order valence-corrected chi connectivity index (χ4v) is 3.98. The van der Waals surface area contributed by atoms with E-state index in [1.54, 1.807) is 11.1 Å². The molecule has 0 spiro atoms. The van der Waals surface area contributed by atoms with Gasteiger partial charge in [-0.2, -0.15) is 0 Å². The van der Waals surface area contributed by atoms with E-state index in [4.69, 9.17) is 0 Å². The molecule has 0 saturated carbocycles. The Labute approximate surface area is 186 Å². The highest BCUT2D eigenvalue weighted by Gasteiger charge is 2.34. The first-order chi connectivity index (χ1) is 15.6. The summed E-state index contributed by atoms with van der Waals surface area (Å²) in [6, 6.07) is 20.8. The minimum absolute atomic E-state index is 0.0366. The highest BCUT2D eigenvalue weighted by Crippen LogP contribution is 2.31. The summed E-state index contributed by atoms with van der Waals surface area (Å²) in [5, 5.41) is 5.76. The van der Waals surface area contributed by atoms with Crippen LogP contribution < -0.4 is 10.6 Å². The van der Waals surface area contributed by atoms with Gasteiger partial charge in [-0.25, -0.2) is 9.18 Å². The highest BCUT2D eigenvalue weighted by atomic mass is 19.1. The number of pyridine rings is 1. The maximum absolute atomic E-state index is 13.2. The average Bonchev–Trinajstić information content (AvgIpc) is 2.85. The average molecular weight is 432 g/mol. The van der Waals surface area contributed by atoms with Crippen LogP contribution >= 0.6 is 0 Å². The molecule has 32 heavy (non-hydrogen) atoms. The lowest BCUT2D eigenvalue weighted by molar-refractivity contribution is -0.126. The number of benzene rings is 2. The van der Waals surface area contributed by atoms with E-state index >= 15 is 0 Å². The summed E-state index contributed by atoms with van der Waals surface area (Å²) in [5.41, 5.74) is 2.38. The van der Waals surface area contributed by atoms with Crippen LogP contribution in [0.25, 0.3) is 0 Å². The normalized spacial score (nSPS) is 18.1. The summed E-state index contributed by atoms with van der Waals surface area (Å²) < 4.78 is 13.2. The molecule has 1 aliphatic rings. The van der Waals surface area contributed by atoms with Gasteiger partial charge in [0.2, 0.25) is 5.91 Å². The second-order valence-electron chi connectivity index (χ2n) is 7.92. The van der Waals surface area contributed by atoms with Gasteiger partial charge in [0.1, 0.15) is 5.82 Å². The quantitative estimate of drug-likeness (QED) is 0.635. The van der Waals surface area contributed by atoms with E-state index in [2.05, 4.69) is 15.6 Å². The zero-order chi connectivity index (χ0) is 22.3. The number of piperidine rings is 1. The van der Waals surface area contributed by atoms with Crippen molar-refractivity contribution >= 4 is 17.6 Å². The molecule has 1 saturated heterocycles. The van der Waals surface area contributed by atoms with Gasteiger partial charge in [-0.15, -0.1) is 0 Å². The van der Waals surface area contributed by atoms with E-state index in [-0.39, 0.29) is 29.6 Å². The number of nitrogens with one attached hydrogen (secondary N) is 2. The number of rotatable bonds is 5. The van der Waals surface area contributed by atoms with Gasteiger partial charge < -0.3 is 15.5 Å². The Balaban J connectivity index is 1.47.